The fourth-order valence-electron chi connectivity index (χ4n) is 4.54. The monoisotopic (exact) mass is 409 g/mol. The molecule has 1 aliphatic carbocycles. The van der Waals surface area contributed by atoms with Crippen LogP contribution in [-0.2, 0) is 10.0 Å². The third-order valence-corrected chi connectivity index (χ3v) is 7.97. The molecule has 2 atom stereocenters. The molecule has 0 spiro atoms. The quantitative estimate of drug-likeness (QED) is 0.551. The van der Waals surface area contributed by atoms with Gasteiger partial charge < -0.3 is 0 Å². The lowest BCUT2D eigenvalue weighted by molar-refractivity contribution is 0.0829. The van der Waals surface area contributed by atoms with Crippen molar-refractivity contribution in [3.05, 3.63) is 76.9 Å². The summed E-state index contributed by atoms with van der Waals surface area (Å²) in [6.45, 7) is 4.53. The lowest BCUT2D eigenvalue weighted by Gasteiger charge is -2.41. The van der Waals surface area contributed by atoms with Crippen LogP contribution in [0.2, 0.25) is 0 Å². The van der Waals surface area contributed by atoms with E-state index >= 15 is 0 Å². The van der Waals surface area contributed by atoms with E-state index in [2.05, 4.69) is 6.08 Å². The van der Waals surface area contributed by atoms with Crippen molar-refractivity contribution in [3.8, 4) is 0 Å². The Kier molecular flexibility index (Phi) is 5.45. The van der Waals surface area contributed by atoms with Gasteiger partial charge in [-0.2, -0.15) is 4.31 Å². The van der Waals surface area contributed by atoms with E-state index in [4.69, 9.17) is 0 Å². The average Bonchev–Trinajstić information content (AvgIpc) is 2.72. The standard InChI is InChI=1S/C24H27NO3S/c1-17-10-12-21(13-11-17)29(27,28)25-15-20-7-3-4-9-22(20)23(16-25)24(26)19-8-5-6-18(2)14-19/h5-8,10-14,22-23H,3-4,9,15-16H2,1-2H3. The predicted molar refractivity (Wildman–Crippen MR) is 114 cm³/mol. The van der Waals surface area contributed by atoms with Gasteiger partial charge in [-0.25, -0.2) is 8.42 Å². The van der Waals surface area contributed by atoms with Gasteiger partial charge in [-0.3, -0.25) is 4.79 Å². The van der Waals surface area contributed by atoms with Gasteiger partial charge in [-0.05, 0) is 57.2 Å². The molecular weight excluding hydrogens is 382 g/mol. The fourth-order valence-corrected chi connectivity index (χ4v) is 5.99. The van der Waals surface area contributed by atoms with Crippen molar-refractivity contribution in [2.45, 2.75) is 38.0 Å². The molecule has 0 amide bonds. The Morgan fingerprint density at radius 2 is 1.79 bits per heavy atom. The Bertz CT molecular complexity index is 1050. The molecule has 1 fully saturated rings. The number of nitrogens with zero attached hydrogens (tertiary/aromatic N) is 1. The Hall–Kier alpha value is -2.24. The van der Waals surface area contributed by atoms with Gasteiger partial charge in [0.1, 0.15) is 0 Å². The highest BCUT2D eigenvalue weighted by molar-refractivity contribution is 7.89. The number of hydrogen-bond acceptors (Lipinski definition) is 3. The molecule has 29 heavy (non-hydrogen) atoms. The van der Waals surface area contributed by atoms with E-state index in [-0.39, 0.29) is 24.2 Å². The molecule has 0 saturated carbocycles. The topological polar surface area (TPSA) is 54.5 Å². The Morgan fingerprint density at radius 3 is 2.52 bits per heavy atom. The summed E-state index contributed by atoms with van der Waals surface area (Å²) in [5.74, 6) is -0.145. The van der Waals surface area contributed by atoms with Crippen molar-refractivity contribution < 1.29 is 13.2 Å². The normalized spacial score (nSPS) is 22.6. The first-order valence-corrected chi connectivity index (χ1v) is 11.7. The molecule has 152 valence electrons. The number of allylic oxidation sites excluding steroid dienone is 1. The lowest BCUT2D eigenvalue weighted by atomic mass is 9.73. The number of Topliss-reactive ketones (excluding diaryl/α,β-unsaturated/α-hetero) is 1. The highest BCUT2D eigenvalue weighted by Gasteiger charge is 2.42. The Balaban J connectivity index is 1.70. The van der Waals surface area contributed by atoms with Crippen LogP contribution in [0.4, 0.5) is 0 Å². The van der Waals surface area contributed by atoms with Crippen molar-refractivity contribution in [1.29, 1.82) is 0 Å². The zero-order valence-electron chi connectivity index (χ0n) is 17.0. The SMILES string of the molecule is Cc1ccc(S(=O)(=O)N2CC3=CCCCC3C(C(=O)c3cccc(C)c3)C2)cc1. The molecule has 4 rings (SSSR count). The summed E-state index contributed by atoms with van der Waals surface area (Å²) in [5.41, 5.74) is 3.83. The van der Waals surface area contributed by atoms with Gasteiger partial charge in [0.2, 0.25) is 10.0 Å². The highest BCUT2D eigenvalue weighted by Crippen LogP contribution is 2.39. The number of benzene rings is 2. The number of hydrogen-bond donors (Lipinski definition) is 0. The summed E-state index contributed by atoms with van der Waals surface area (Å²) in [6, 6.07) is 14.6. The van der Waals surface area contributed by atoms with E-state index in [1.54, 1.807) is 12.1 Å². The second-order valence-electron chi connectivity index (χ2n) is 8.27. The minimum absolute atomic E-state index is 0.0512. The van der Waals surface area contributed by atoms with Crippen LogP contribution in [0.5, 0.6) is 0 Å². The molecule has 2 aromatic carbocycles. The number of aryl methyl sites for hydroxylation is 2. The first-order chi connectivity index (χ1) is 13.9. The number of carbonyl (C=O) groups is 1. The molecular formula is C24H27NO3S. The third-order valence-electron chi connectivity index (χ3n) is 6.15. The average molecular weight is 410 g/mol. The van der Waals surface area contributed by atoms with Gasteiger partial charge in [-0.1, -0.05) is 53.1 Å². The lowest BCUT2D eigenvalue weighted by Crippen LogP contribution is -2.48. The van der Waals surface area contributed by atoms with Crippen molar-refractivity contribution in [2.75, 3.05) is 13.1 Å². The number of ketones is 1. The molecule has 2 unspecified atom stereocenters. The highest BCUT2D eigenvalue weighted by atomic mass is 32.2. The molecule has 2 aromatic rings. The number of carbonyl (C=O) groups excluding carboxylic acids is 1. The largest absolute Gasteiger partial charge is 0.294 e. The summed E-state index contributed by atoms with van der Waals surface area (Å²) >= 11 is 0. The van der Waals surface area contributed by atoms with Gasteiger partial charge in [0, 0.05) is 24.6 Å². The van der Waals surface area contributed by atoms with Crippen LogP contribution in [-0.4, -0.2) is 31.6 Å². The second-order valence-corrected chi connectivity index (χ2v) is 10.2. The zero-order chi connectivity index (χ0) is 20.6. The van der Waals surface area contributed by atoms with Gasteiger partial charge in [0.05, 0.1) is 4.90 Å². The van der Waals surface area contributed by atoms with Gasteiger partial charge >= 0.3 is 0 Å². The zero-order valence-corrected chi connectivity index (χ0v) is 17.8. The summed E-state index contributed by atoms with van der Waals surface area (Å²) in [6.07, 6.45) is 5.11. The molecule has 5 heteroatoms. The molecule has 1 heterocycles. The number of sulfonamides is 1. The summed E-state index contributed by atoms with van der Waals surface area (Å²) in [7, 11) is -3.65. The van der Waals surface area contributed by atoms with E-state index in [1.165, 1.54) is 4.31 Å². The fraction of sp³-hybridized carbons (Fsp3) is 0.375. The number of fused-ring (bicyclic) bond motifs is 1. The van der Waals surface area contributed by atoms with Crippen molar-refractivity contribution in [3.63, 3.8) is 0 Å². The molecule has 0 radical (unpaired) electrons. The third kappa shape index (κ3) is 3.94. The number of piperidine rings is 1. The van der Waals surface area contributed by atoms with Crippen LogP contribution < -0.4 is 0 Å². The van der Waals surface area contributed by atoms with E-state index in [0.29, 0.717) is 17.0 Å². The van der Waals surface area contributed by atoms with Crippen molar-refractivity contribution in [2.24, 2.45) is 11.8 Å². The van der Waals surface area contributed by atoms with Crippen LogP contribution in [0.25, 0.3) is 0 Å². The van der Waals surface area contributed by atoms with Crippen LogP contribution in [0.1, 0.15) is 40.7 Å². The summed E-state index contributed by atoms with van der Waals surface area (Å²) in [4.78, 5) is 13.7. The minimum Gasteiger partial charge on any atom is -0.294 e. The summed E-state index contributed by atoms with van der Waals surface area (Å²) < 4.78 is 28.1. The summed E-state index contributed by atoms with van der Waals surface area (Å²) in [5, 5.41) is 0. The van der Waals surface area contributed by atoms with Crippen LogP contribution in [0.15, 0.2) is 65.1 Å². The van der Waals surface area contributed by atoms with Crippen molar-refractivity contribution >= 4 is 15.8 Å². The maximum atomic E-state index is 13.4. The minimum atomic E-state index is -3.65. The van der Waals surface area contributed by atoms with Gasteiger partial charge in [0.25, 0.3) is 0 Å². The van der Waals surface area contributed by atoms with E-state index in [9.17, 15) is 13.2 Å². The second kappa shape index (κ2) is 7.88. The van der Waals surface area contributed by atoms with Crippen LogP contribution in [0.3, 0.4) is 0 Å². The van der Waals surface area contributed by atoms with E-state index in [1.807, 2.05) is 50.2 Å². The molecule has 0 bridgehead atoms. The maximum Gasteiger partial charge on any atom is 0.243 e. The van der Waals surface area contributed by atoms with Gasteiger partial charge in [0.15, 0.2) is 5.78 Å². The molecule has 0 N–H and O–H groups in total. The molecule has 2 aliphatic rings. The van der Waals surface area contributed by atoms with Crippen LogP contribution >= 0.6 is 0 Å². The number of rotatable bonds is 4. The van der Waals surface area contributed by atoms with E-state index in [0.717, 1.165) is 36.0 Å². The van der Waals surface area contributed by atoms with Crippen LogP contribution in [0, 0.1) is 25.7 Å². The van der Waals surface area contributed by atoms with Crippen molar-refractivity contribution in [1.82, 2.24) is 4.31 Å². The van der Waals surface area contributed by atoms with Gasteiger partial charge in [-0.15, -0.1) is 0 Å². The molecule has 1 aliphatic heterocycles. The first kappa shape index (κ1) is 20.0. The Morgan fingerprint density at radius 1 is 1.03 bits per heavy atom. The maximum absolute atomic E-state index is 13.4. The molecule has 4 nitrogen and oxygen atoms in total. The van der Waals surface area contributed by atoms with E-state index < -0.39 is 10.0 Å². The molecule has 1 saturated heterocycles. The smallest absolute Gasteiger partial charge is 0.243 e. The Labute approximate surface area is 173 Å². The predicted octanol–water partition coefficient (Wildman–Crippen LogP) is 4.53. The molecule has 0 aromatic heterocycles. The first-order valence-electron chi connectivity index (χ1n) is 10.2.